The number of carbonyl (C=O) groups is 1. The normalized spacial score (nSPS) is 14.0. The quantitative estimate of drug-likeness (QED) is 0.402. The molecule has 0 radical (unpaired) electrons. The van der Waals surface area contributed by atoms with Crippen molar-refractivity contribution in [2.24, 2.45) is 0 Å². The summed E-state index contributed by atoms with van der Waals surface area (Å²) in [7, 11) is 5.37. The molecule has 10 heteroatoms. The molecule has 0 unspecified atom stereocenters. The molecule has 0 bridgehead atoms. The van der Waals surface area contributed by atoms with Crippen LogP contribution in [0.1, 0.15) is 17.7 Å². The van der Waals surface area contributed by atoms with Gasteiger partial charge in [-0.1, -0.05) is 6.07 Å². The molecule has 1 N–H and O–H groups in total. The van der Waals surface area contributed by atoms with Crippen LogP contribution >= 0.6 is 0 Å². The van der Waals surface area contributed by atoms with Crippen LogP contribution in [0.25, 0.3) is 5.69 Å². The second-order valence-electron chi connectivity index (χ2n) is 9.50. The number of hydrogen-bond donors (Lipinski definition) is 1. The van der Waals surface area contributed by atoms with Crippen molar-refractivity contribution in [3.05, 3.63) is 65.6 Å². The maximum atomic E-state index is 14.2. The van der Waals surface area contributed by atoms with Gasteiger partial charge < -0.3 is 29.5 Å². The largest absolute Gasteiger partial charge is 0.497 e. The number of hydrogen-bond acceptors (Lipinski definition) is 6. The first kappa shape index (κ1) is 27.4. The summed E-state index contributed by atoms with van der Waals surface area (Å²) in [6.45, 7) is 6.78. The Morgan fingerprint density at radius 1 is 1.11 bits per heavy atom. The third-order valence-electron chi connectivity index (χ3n) is 6.77. The van der Waals surface area contributed by atoms with Crippen LogP contribution in [-0.2, 0) is 11.3 Å². The molecule has 2 heterocycles. The summed E-state index contributed by atoms with van der Waals surface area (Å²) >= 11 is 0. The predicted octanol–water partition coefficient (Wildman–Crippen LogP) is 4.15. The summed E-state index contributed by atoms with van der Waals surface area (Å²) in [4.78, 5) is 19.8. The van der Waals surface area contributed by atoms with Crippen LogP contribution < -0.4 is 15.0 Å². The number of benzene rings is 2. The number of methoxy groups -OCH3 is 2. The van der Waals surface area contributed by atoms with Crippen LogP contribution in [-0.4, -0.2) is 86.2 Å². The number of rotatable bonds is 10. The molecular formula is C28H37FN6O3. The lowest BCUT2D eigenvalue weighted by atomic mass is 10.2. The summed E-state index contributed by atoms with van der Waals surface area (Å²) in [6.07, 6.45) is 0.688. The van der Waals surface area contributed by atoms with Crippen molar-refractivity contribution in [3.63, 3.8) is 0 Å². The number of aryl methyl sites for hydroxylation is 1. The molecule has 0 atom stereocenters. The molecule has 1 saturated heterocycles. The van der Waals surface area contributed by atoms with Crippen molar-refractivity contribution in [2.45, 2.75) is 19.9 Å². The van der Waals surface area contributed by atoms with Gasteiger partial charge in [-0.2, -0.15) is 5.10 Å². The van der Waals surface area contributed by atoms with E-state index in [0.29, 0.717) is 37.5 Å². The lowest BCUT2D eigenvalue weighted by Crippen LogP contribution is -2.46. The third kappa shape index (κ3) is 6.62. The first-order chi connectivity index (χ1) is 18.4. The van der Waals surface area contributed by atoms with Gasteiger partial charge >= 0.3 is 6.03 Å². The fourth-order valence-electron chi connectivity index (χ4n) is 4.58. The fraction of sp³-hybridized carbons (Fsp3) is 0.429. The van der Waals surface area contributed by atoms with E-state index in [1.165, 1.54) is 12.1 Å². The van der Waals surface area contributed by atoms with Gasteiger partial charge in [-0.15, -0.1) is 0 Å². The third-order valence-corrected chi connectivity index (χ3v) is 6.77. The number of nitrogens with zero attached hydrogens (tertiary/aromatic N) is 5. The first-order valence-corrected chi connectivity index (χ1v) is 12.9. The van der Waals surface area contributed by atoms with Crippen LogP contribution in [0.2, 0.25) is 0 Å². The summed E-state index contributed by atoms with van der Waals surface area (Å²) in [6, 6.07) is 13.5. The minimum Gasteiger partial charge on any atom is -0.497 e. The second kappa shape index (κ2) is 12.7. The van der Waals surface area contributed by atoms with Crippen molar-refractivity contribution in [3.8, 4) is 11.4 Å². The SMILES string of the molecule is COCCCN(Cc1c(C)nn(-c2cccc(F)c2)c1N1CCN(C)CC1)C(=O)Nc1ccc(OC)cc1. The van der Waals surface area contributed by atoms with E-state index in [4.69, 9.17) is 14.6 Å². The Hall–Kier alpha value is -3.63. The van der Waals surface area contributed by atoms with Gasteiger partial charge in [0.25, 0.3) is 0 Å². The molecule has 0 saturated carbocycles. The molecule has 1 aliphatic rings. The topological polar surface area (TPSA) is 75.1 Å². The van der Waals surface area contributed by atoms with Crippen LogP contribution in [0.5, 0.6) is 5.75 Å². The van der Waals surface area contributed by atoms with Gasteiger partial charge in [0, 0.05) is 57.7 Å². The second-order valence-corrected chi connectivity index (χ2v) is 9.50. The summed E-state index contributed by atoms with van der Waals surface area (Å²) in [5.74, 6) is 1.30. The number of aromatic nitrogens is 2. The van der Waals surface area contributed by atoms with Gasteiger partial charge in [0.15, 0.2) is 0 Å². The molecule has 9 nitrogen and oxygen atoms in total. The van der Waals surface area contributed by atoms with Gasteiger partial charge in [-0.05, 0) is 62.9 Å². The van der Waals surface area contributed by atoms with E-state index in [2.05, 4.69) is 22.2 Å². The standard InChI is InChI=1S/C28H37FN6O3/c1-21-26(20-34(13-6-18-37-3)28(36)30-23-9-11-25(38-4)12-10-23)27(33-16-14-32(2)15-17-33)35(31-21)24-8-5-7-22(29)19-24/h5,7-12,19H,6,13-18,20H2,1-4H3,(H,30,36). The molecule has 4 rings (SSSR count). The van der Waals surface area contributed by atoms with E-state index in [-0.39, 0.29) is 11.8 Å². The molecular weight excluding hydrogens is 487 g/mol. The lowest BCUT2D eigenvalue weighted by molar-refractivity contribution is 0.171. The van der Waals surface area contributed by atoms with E-state index in [0.717, 1.165) is 49.0 Å². The van der Waals surface area contributed by atoms with E-state index < -0.39 is 0 Å². The molecule has 1 aliphatic heterocycles. The molecule has 0 aliphatic carbocycles. The Morgan fingerprint density at radius 3 is 2.50 bits per heavy atom. The van der Waals surface area contributed by atoms with Crippen LogP contribution in [0.3, 0.4) is 0 Å². The number of ether oxygens (including phenoxy) is 2. The maximum absolute atomic E-state index is 14.2. The Morgan fingerprint density at radius 2 is 1.84 bits per heavy atom. The average Bonchev–Trinajstić information content (AvgIpc) is 3.24. The molecule has 0 spiro atoms. The van der Waals surface area contributed by atoms with Gasteiger partial charge in [-0.25, -0.2) is 13.9 Å². The minimum absolute atomic E-state index is 0.214. The number of anilines is 2. The summed E-state index contributed by atoms with van der Waals surface area (Å²) in [5.41, 5.74) is 3.08. The molecule has 204 valence electrons. The zero-order valence-electron chi connectivity index (χ0n) is 22.6. The number of amides is 2. The maximum Gasteiger partial charge on any atom is 0.322 e. The Balaban J connectivity index is 1.67. The number of halogens is 1. The smallest absolute Gasteiger partial charge is 0.322 e. The fourth-order valence-corrected chi connectivity index (χ4v) is 4.58. The molecule has 2 aromatic carbocycles. The van der Waals surface area contributed by atoms with E-state index in [1.54, 1.807) is 25.2 Å². The highest BCUT2D eigenvalue weighted by molar-refractivity contribution is 5.89. The van der Waals surface area contributed by atoms with Gasteiger partial charge in [0.2, 0.25) is 0 Å². The summed E-state index contributed by atoms with van der Waals surface area (Å²) < 4.78 is 26.5. The van der Waals surface area contributed by atoms with Crippen molar-refractivity contribution >= 4 is 17.5 Å². The Bertz CT molecular complexity index is 1210. The number of carbonyl (C=O) groups excluding carboxylic acids is 1. The molecule has 1 fully saturated rings. The minimum atomic E-state index is -0.318. The van der Waals surface area contributed by atoms with Crippen molar-refractivity contribution < 1.29 is 18.7 Å². The lowest BCUT2D eigenvalue weighted by Gasteiger charge is -2.35. The van der Waals surface area contributed by atoms with Gasteiger partial charge in [0.1, 0.15) is 17.4 Å². The zero-order chi connectivity index (χ0) is 27.1. The van der Waals surface area contributed by atoms with Crippen molar-refractivity contribution in [1.29, 1.82) is 0 Å². The van der Waals surface area contributed by atoms with E-state index >= 15 is 0 Å². The number of nitrogens with one attached hydrogen (secondary N) is 1. The van der Waals surface area contributed by atoms with Crippen molar-refractivity contribution in [1.82, 2.24) is 19.6 Å². The predicted molar refractivity (Wildman–Crippen MR) is 147 cm³/mol. The van der Waals surface area contributed by atoms with Crippen LogP contribution in [0.4, 0.5) is 20.7 Å². The first-order valence-electron chi connectivity index (χ1n) is 12.9. The van der Waals surface area contributed by atoms with E-state index in [9.17, 15) is 9.18 Å². The van der Waals surface area contributed by atoms with Gasteiger partial charge in [0.05, 0.1) is 25.0 Å². The molecule has 2 amide bonds. The molecule has 38 heavy (non-hydrogen) atoms. The monoisotopic (exact) mass is 524 g/mol. The van der Waals surface area contributed by atoms with Crippen LogP contribution in [0.15, 0.2) is 48.5 Å². The number of urea groups is 1. The number of piperazine rings is 1. The van der Waals surface area contributed by atoms with Gasteiger partial charge in [-0.3, -0.25) is 0 Å². The molecule has 1 aromatic heterocycles. The highest BCUT2D eigenvalue weighted by Crippen LogP contribution is 2.30. The van der Waals surface area contributed by atoms with Crippen molar-refractivity contribution in [2.75, 3.05) is 70.8 Å². The average molecular weight is 525 g/mol. The molecule has 3 aromatic rings. The number of likely N-dealkylation sites (N-methyl/N-ethyl adjacent to an activating group) is 1. The highest BCUT2D eigenvalue weighted by Gasteiger charge is 2.27. The highest BCUT2D eigenvalue weighted by atomic mass is 19.1. The Kier molecular flexibility index (Phi) is 9.19. The van der Waals surface area contributed by atoms with E-state index in [1.807, 2.05) is 41.9 Å². The zero-order valence-corrected chi connectivity index (χ0v) is 22.6. The Labute approximate surface area is 223 Å². The van der Waals surface area contributed by atoms with Crippen LogP contribution in [0, 0.1) is 12.7 Å². The summed E-state index contributed by atoms with van der Waals surface area (Å²) in [5, 5.41) is 7.83.